The Morgan fingerprint density at radius 2 is 2.00 bits per heavy atom. The van der Waals surface area contributed by atoms with Crippen molar-refractivity contribution in [1.82, 2.24) is 4.98 Å². The third-order valence-corrected chi connectivity index (χ3v) is 3.43. The summed E-state index contributed by atoms with van der Waals surface area (Å²) in [7, 11) is 0. The van der Waals surface area contributed by atoms with Gasteiger partial charge in [-0.2, -0.15) is 0 Å². The van der Waals surface area contributed by atoms with Crippen molar-refractivity contribution < 1.29 is 0 Å². The van der Waals surface area contributed by atoms with E-state index in [1.165, 1.54) is 16.7 Å². The van der Waals surface area contributed by atoms with Gasteiger partial charge in [0.1, 0.15) is 0 Å². The minimum Gasteiger partial charge on any atom is -0.370 e. The van der Waals surface area contributed by atoms with E-state index < -0.39 is 0 Å². The molecule has 0 fully saturated rings. The highest BCUT2D eigenvalue weighted by atomic mass is 15.1. The second kappa shape index (κ2) is 7.43. The van der Waals surface area contributed by atoms with Gasteiger partial charge >= 0.3 is 0 Å². The smallest absolute Gasteiger partial charge is 0.193 e. The largest absolute Gasteiger partial charge is 0.370 e. The first-order chi connectivity index (χ1) is 10.2. The van der Waals surface area contributed by atoms with Crippen LogP contribution in [0.2, 0.25) is 0 Å². The Labute approximate surface area is 126 Å². The summed E-state index contributed by atoms with van der Waals surface area (Å²) < 4.78 is 0. The van der Waals surface area contributed by atoms with Gasteiger partial charge in [-0.1, -0.05) is 19.1 Å². The van der Waals surface area contributed by atoms with Gasteiger partial charge < -0.3 is 11.1 Å². The molecule has 110 valence electrons. The van der Waals surface area contributed by atoms with Crippen LogP contribution < -0.4 is 11.1 Å². The molecule has 0 atom stereocenters. The highest BCUT2D eigenvalue weighted by molar-refractivity contribution is 5.92. The molecule has 0 bridgehead atoms. The highest BCUT2D eigenvalue weighted by Crippen LogP contribution is 2.09. The number of benzene rings is 1. The topological polar surface area (TPSA) is 63.3 Å². The molecule has 1 aromatic heterocycles. The number of pyridine rings is 1. The lowest BCUT2D eigenvalue weighted by molar-refractivity contribution is 0.948. The number of rotatable bonds is 5. The van der Waals surface area contributed by atoms with Gasteiger partial charge in [0.2, 0.25) is 0 Å². The lowest BCUT2D eigenvalue weighted by Crippen LogP contribution is -2.23. The van der Waals surface area contributed by atoms with E-state index in [0.29, 0.717) is 12.5 Å². The molecule has 3 N–H and O–H groups in total. The molecule has 0 unspecified atom stereocenters. The Hall–Kier alpha value is -2.36. The molecule has 2 aromatic rings. The number of hydrogen-bond donors (Lipinski definition) is 2. The van der Waals surface area contributed by atoms with Crippen LogP contribution in [0, 0.1) is 6.92 Å². The second-order valence-corrected chi connectivity index (χ2v) is 4.99. The molecule has 0 spiro atoms. The number of aromatic nitrogens is 1. The van der Waals surface area contributed by atoms with Crippen LogP contribution in [0.5, 0.6) is 0 Å². The van der Waals surface area contributed by atoms with Crippen molar-refractivity contribution in [2.45, 2.75) is 26.7 Å². The van der Waals surface area contributed by atoms with Gasteiger partial charge in [0.25, 0.3) is 0 Å². The van der Waals surface area contributed by atoms with Crippen molar-refractivity contribution in [2.75, 3.05) is 11.9 Å². The number of anilines is 1. The van der Waals surface area contributed by atoms with E-state index in [1.54, 1.807) is 0 Å². The van der Waals surface area contributed by atoms with Gasteiger partial charge in [0.05, 0.1) is 0 Å². The lowest BCUT2D eigenvalue weighted by atomic mass is 10.1. The fourth-order valence-corrected chi connectivity index (χ4v) is 2.09. The summed E-state index contributed by atoms with van der Waals surface area (Å²) in [5, 5.41) is 3.11. The predicted molar refractivity (Wildman–Crippen MR) is 88.6 cm³/mol. The number of guanidine groups is 1. The molecule has 1 aromatic carbocycles. The van der Waals surface area contributed by atoms with E-state index in [4.69, 9.17) is 5.73 Å². The lowest BCUT2D eigenvalue weighted by Gasteiger charge is -2.07. The number of nitrogens with zero attached hydrogens (tertiary/aromatic N) is 2. The normalized spacial score (nSPS) is 11.4. The molecule has 0 saturated heterocycles. The summed E-state index contributed by atoms with van der Waals surface area (Å²) in [6.45, 7) is 4.86. The SMILES string of the molecule is CCc1ccc(NC(N)=NCCc2ccncc2C)cc1. The first-order valence-corrected chi connectivity index (χ1v) is 7.24. The zero-order valence-corrected chi connectivity index (χ0v) is 12.6. The monoisotopic (exact) mass is 282 g/mol. The van der Waals surface area contributed by atoms with Gasteiger partial charge in [0.15, 0.2) is 5.96 Å². The molecule has 0 aliphatic carbocycles. The number of hydrogen-bond acceptors (Lipinski definition) is 2. The molecule has 4 nitrogen and oxygen atoms in total. The summed E-state index contributed by atoms with van der Waals surface area (Å²) >= 11 is 0. The Morgan fingerprint density at radius 1 is 1.24 bits per heavy atom. The number of nitrogens with two attached hydrogens (primary N) is 1. The van der Waals surface area contributed by atoms with E-state index in [9.17, 15) is 0 Å². The Bertz CT molecular complexity index is 602. The minimum atomic E-state index is 0.450. The molecule has 1 heterocycles. The molecule has 0 aliphatic rings. The molecule has 2 rings (SSSR count). The fourth-order valence-electron chi connectivity index (χ4n) is 2.09. The second-order valence-electron chi connectivity index (χ2n) is 4.99. The molecule has 21 heavy (non-hydrogen) atoms. The molecule has 0 aliphatic heterocycles. The van der Waals surface area contributed by atoms with Gasteiger partial charge in [-0.15, -0.1) is 0 Å². The van der Waals surface area contributed by atoms with Crippen LogP contribution in [0.15, 0.2) is 47.7 Å². The van der Waals surface area contributed by atoms with Crippen molar-refractivity contribution in [1.29, 1.82) is 0 Å². The van der Waals surface area contributed by atoms with E-state index in [1.807, 2.05) is 30.6 Å². The number of aliphatic imine (C=N–C) groups is 1. The van der Waals surface area contributed by atoms with Crippen LogP contribution >= 0.6 is 0 Å². The molecule has 0 radical (unpaired) electrons. The third-order valence-electron chi connectivity index (χ3n) is 3.43. The zero-order chi connectivity index (χ0) is 15.1. The molecular formula is C17H22N4. The van der Waals surface area contributed by atoms with E-state index >= 15 is 0 Å². The number of nitrogens with one attached hydrogen (secondary N) is 1. The highest BCUT2D eigenvalue weighted by Gasteiger charge is 1.98. The predicted octanol–water partition coefficient (Wildman–Crippen LogP) is 2.92. The van der Waals surface area contributed by atoms with Crippen molar-refractivity contribution in [3.8, 4) is 0 Å². The zero-order valence-electron chi connectivity index (χ0n) is 12.6. The summed E-state index contributed by atoms with van der Waals surface area (Å²) in [5.41, 5.74) is 10.6. The molecular weight excluding hydrogens is 260 g/mol. The van der Waals surface area contributed by atoms with Gasteiger partial charge in [-0.25, -0.2) is 0 Å². The minimum absolute atomic E-state index is 0.450. The molecule has 0 amide bonds. The van der Waals surface area contributed by atoms with Crippen molar-refractivity contribution >= 4 is 11.6 Å². The third kappa shape index (κ3) is 4.60. The van der Waals surface area contributed by atoms with Crippen molar-refractivity contribution in [2.24, 2.45) is 10.7 Å². The van der Waals surface area contributed by atoms with Crippen LogP contribution in [0.4, 0.5) is 5.69 Å². The van der Waals surface area contributed by atoms with E-state index in [-0.39, 0.29) is 0 Å². The van der Waals surface area contributed by atoms with Gasteiger partial charge in [-0.3, -0.25) is 9.98 Å². The molecule has 0 saturated carbocycles. The Kier molecular flexibility index (Phi) is 5.32. The first kappa shape index (κ1) is 15.0. The quantitative estimate of drug-likeness (QED) is 0.654. The first-order valence-electron chi connectivity index (χ1n) is 7.24. The van der Waals surface area contributed by atoms with Crippen LogP contribution in [-0.2, 0) is 12.8 Å². The van der Waals surface area contributed by atoms with Gasteiger partial charge in [-0.05, 0) is 54.7 Å². The van der Waals surface area contributed by atoms with Crippen molar-refractivity contribution in [3.63, 3.8) is 0 Å². The van der Waals surface area contributed by atoms with Crippen LogP contribution in [0.1, 0.15) is 23.6 Å². The summed E-state index contributed by atoms with van der Waals surface area (Å²) in [4.78, 5) is 8.45. The fraction of sp³-hybridized carbons (Fsp3) is 0.294. The van der Waals surface area contributed by atoms with Gasteiger partial charge in [0, 0.05) is 24.6 Å². The maximum absolute atomic E-state index is 5.91. The Balaban J connectivity index is 1.87. The van der Waals surface area contributed by atoms with E-state index in [2.05, 4.69) is 41.3 Å². The summed E-state index contributed by atoms with van der Waals surface area (Å²) in [5.74, 6) is 0.450. The Morgan fingerprint density at radius 3 is 2.67 bits per heavy atom. The maximum Gasteiger partial charge on any atom is 0.193 e. The maximum atomic E-state index is 5.91. The molecule has 4 heteroatoms. The average Bonchev–Trinajstić information content (AvgIpc) is 2.50. The standard InChI is InChI=1S/C17H22N4/c1-3-14-4-6-16(7-5-14)21-17(18)20-11-9-15-8-10-19-12-13(15)2/h4-8,10,12H,3,9,11H2,1-2H3,(H3,18,20,21). The van der Waals surface area contributed by atoms with Crippen molar-refractivity contribution in [3.05, 3.63) is 59.4 Å². The summed E-state index contributed by atoms with van der Waals surface area (Å²) in [6.07, 6.45) is 5.58. The van der Waals surface area contributed by atoms with E-state index in [0.717, 1.165) is 18.5 Å². The number of aryl methyl sites for hydroxylation is 2. The van der Waals surface area contributed by atoms with Crippen LogP contribution in [0.3, 0.4) is 0 Å². The van der Waals surface area contributed by atoms with Crippen LogP contribution in [0.25, 0.3) is 0 Å². The average molecular weight is 282 g/mol. The van der Waals surface area contributed by atoms with Crippen LogP contribution in [-0.4, -0.2) is 17.5 Å². The summed E-state index contributed by atoms with van der Waals surface area (Å²) in [6, 6.07) is 10.3.